The molecule has 8 heterocycles. The zero-order chi connectivity index (χ0) is 70.2. The van der Waals surface area contributed by atoms with Crippen LogP contribution in [-0.2, 0) is 105 Å². The molecule has 39 heteroatoms. The van der Waals surface area contributed by atoms with E-state index in [0.29, 0.717) is 39.4 Å². The minimum Gasteiger partial charge on any atom is -0.394 e. The Morgan fingerprint density at radius 2 is 0.894 bits per heavy atom. The number of halogens is 2. The maximum absolute atomic E-state index is 13.1. The van der Waals surface area contributed by atoms with Gasteiger partial charge in [-0.05, 0) is 141 Å². The lowest BCUT2D eigenvalue weighted by atomic mass is 9.96. The van der Waals surface area contributed by atoms with Crippen LogP contribution in [-0.4, -0.2) is 237 Å². The van der Waals surface area contributed by atoms with E-state index >= 15 is 0 Å². The van der Waals surface area contributed by atoms with E-state index in [-0.39, 0.29) is 88.1 Å². The Balaban J connectivity index is 0.000000247. The second kappa shape index (κ2) is 40.1. The van der Waals surface area contributed by atoms with Crippen molar-refractivity contribution >= 4 is 155 Å². The first-order chi connectivity index (χ1) is 44.0. The van der Waals surface area contributed by atoms with Crippen LogP contribution < -0.4 is 22.5 Å². The molecule has 0 spiro atoms. The third-order valence-corrected chi connectivity index (χ3v) is 30.3. The fraction of sp³-hybridized carbons (Fsp3) is 0.855. The number of aromatic nitrogens is 4. The second-order valence-corrected chi connectivity index (χ2v) is 47.2. The molecule has 94 heavy (non-hydrogen) atoms. The minimum atomic E-state index is -3.63. The number of hydrogen-bond donors (Lipinski definition) is 3. The molecule has 0 aliphatic carbocycles. The van der Waals surface area contributed by atoms with Gasteiger partial charge < -0.3 is 69.7 Å². The van der Waals surface area contributed by atoms with Crippen molar-refractivity contribution in [2.24, 2.45) is 0 Å². The molecule has 0 aromatic carbocycles. The first-order valence-corrected chi connectivity index (χ1v) is 49.4. The highest BCUT2D eigenvalue weighted by Gasteiger charge is 2.44. The van der Waals surface area contributed by atoms with Crippen molar-refractivity contribution in [3.05, 3.63) is 61.2 Å². The highest BCUT2D eigenvalue weighted by atomic mass is 127. The SMILES string of the molecule is [B]C1CC(OP(C)(=S)CC)C(CC)O1.[B]C1CC(OP(C)(=S)CC)C(COP(C)(=O)OC2CC(n3cc(I)c(=O)[nH]c3=O)OC2CO)O1.[B]C1CC(OP(C)(=S)CC)C(COP(C)OC2CC(n3cc(I)c(=O)[nH]c3=O)OC2CC)O1.[B]C1CC(OP(C)CC)C(CC)O1. The van der Waals surface area contributed by atoms with E-state index in [2.05, 4.69) is 44.3 Å². The molecule has 0 saturated carbocycles. The minimum absolute atomic E-state index is 0.0798. The van der Waals surface area contributed by atoms with E-state index in [1.165, 1.54) is 28.2 Å². The number of hydrogen-bond acceptors (Lipinski definition) is 23. The standard InChI is InChI=1S/C19H30BIN2O7P2S.C18H28BIN2O9P2S.C9H18BO2PS.C9H18BO2P/c1-5-12-13(8-17(28-12)23-9-11(21)18(24)22-19(23)25)29-31(3)26-10-15-14(7-16(20)27-15)30-32(4,33)6-2;1-4-32(2,34)30-11-5-15(19)28-14(11)9-27-33(3,26)31-12-6-16(29-13(12)8-23)22-7-10(20)17(24)21-18(22)25;1-4-7-8(6-9(10)11-7)12-13(3,14)5-2;1-4-7-8(6-9(10)11-7)12-13(3)5-2/h9,12-17H,5-8,10H2,1-4H3,(H,22,24,25);7,11-16,23H,4-6,8-9H2,1-3H3,(H,21,24,25);7-9H,4-6H2,1-3H3;7-9H,4-6H2,1-3H3. The van der Waals surface area contributed by atoms with Crippen LogP contribution in [0.25, 0.3) is 0 Å². The van der Waals surface area contributed by atoms with Crippen molar-refractivity contribution < 1.29 is 74.3 Å². The van der Waals surface area contributed by atoms with Crippen LogP contribution in [0.5, 0.6) is 0 Å². The molecule has 8 radical (unpaired) electrons. The first-order valence-electron chi connectivity index (χ1n) is 31.7. The molecule has 2 aromatic heterocycles. The Morgan fingerprint density at radius 1 is 0.543 bits per heavy atom. The van der Waals surface area contributed by atoms with Gasteiger partial charge in [0.1, 0.15) is 62.2 Å². The number of H-pyrrole nitrogens is 2. The molecule has 6 fully saturated rings. The summed E-state index contributed by atoms with van der Waals surface area (Å²) in [7, 11) is 18.2. The molecule has 24 nitrogen and oxygen atoms in total. The van der Waals surface area contributed by atoms with Gasteiger partial charge in [0.2, 0.25) is 0 Å². The molecule has 0 bridgehead atoms. The topological polar surface area (TPSA) is 276 Å². The van der Waals surface area contributed by atoms with E-state index in [4.69, 9.17) is 131 Å². The highest BCUT2D eigenvalue weighted by Crippen LogP contribution is 2.52. The maximum Gasteiger partial charge on any atom is 0.330 e. The van der Waals surface area contributed by atoms with Crippen LogP contribution in [0.15, 0.2) is 31.6 Å². The molecule has 3 N–H and O–H groups in total. The van der Waals surface area contributed by atoms with Crippen LogP contribution in [0, 0.1) is 7.14 Å². The fourth-order valence-corrected chi connectivity index (χ4v) is 18.3. The maximum atomic E-state index is 13.1. The predicted molar refractivity (Wildman–Crippen MR) is 402 cm³/mol. The Labute approximate surface area is 604 Å². The molecular formula is C55H94B4I2N4O20P6S3. The summed E-state index contributed by atoms with van der Waals surface area (Å²) in [5, 5.41) is 9.72. The number of nitrogens with one attached hydrogen (secondary N) is 2. The summed E-state index contributed by atoms with van der Waals surface area (Å²) < 4.78 is 98.3. The Morgan fingerprint density at radius 3 is 1.31 bits per heavy atom. The van der Waals surface area contributed by atoms with Crippen LogP contribution in [0.3, 0.4) is 0 Å². The van der Waals surface area contributed by atoms with E-state index in [9.17, 15) is 28.8 Å². The zero-order valence-electron chi connectivity index (χ0n) is 55.9. The number of aliphatic hydroxyl groups excluding tert-OH is 1. The van der Waals surface area contributed by atoms with Gasteiger partial charge in [0.05, 0.1) is 101 Å². The molecule has 6 aliphatic rings. The lowest BCUT2D eigenvalue weighted by molar-refractivity contribution is -0.0452. The molecule has 6 saturated heterocycles. The van der Waals surface area contributed by atoms with Crippen LogP contribution in [0.1, 0.15) is 119 Å². The van der Waals surface area contributed by atoms with Crippen molar-refractivity contribution in [1.82, 2.24) is 19.1 Å². The highest BCUT2D eigenvalue weighted by molar-refractivity contribution is 14.1. The summed E-state index contributed by atoms with van der Waals surface area (Å²) in [6.07, 6.45) is 2.77. The molecular weight excluding hydrogens is 1620 g/mol. The van der Waals surface area contributed by atoms with Crippen molar-refractivity contribution in [1.29, 1.82) is 0 Å². The second-order valence-electron chi connectivity index (χ2n) is 23.8. The largest absolute Gasteiger partial charge is 0.394 e. The summed E-state index contributed by atoms with van der Waals surface area (Å²) >= 11 is 20.2. The van der Waals surface area contributed by atoms with E-state index < -0.39 is 107 Å². The number of ether oxygens (including phenoxy) is 6. The van der Waals surface area contributed by atoms with E-state index in [1.807, 2.05) is 70.0 Å². The molecule has 24 unspecified atom stereocenters. The van der Waals surface area contributed by atoms with Crippen molar-refractivity contribution in [2.45, 2.75) is 216 Å². The predicted octanol–water partition coefficient (Wildman–Crippen LogP) is 8.47. The lowest BCUT2D eigenvalue weighted by Crippen LogP contribution is -2.33. The van der Waals surface area contributed by atoms with Gasteiger partial charge in [0.15, 0.2) is 8.38 Å². The molecule has 8 rings (SSSR count). The van der Waals surface area contributed by atoms with Gasteiger partial charge in [-0.2, -0.15) is 0 Å². The number of rotatable bonds is 28. The number of nitrogens with zero attached hydrogens (tertiary/aromatic N) is 2. The van der Waals surface area contributed by atoms with E-state index in [0.717, 1.165) is 50.3 Å². The molecule has 0 amide bonds. The zero-order valence-corrected chi connectivity index (χ0v) is 68.1. The fourth-order valence-electron chi connectivity index (χ4n) is 10.6. The monoisotopic (exact) mass is 1710 g/mol. The molecule has 528 valence electrons. The Hall–Kier alpha value is 1.52. The summed E-state index contributed by atoms with van der Waals surface area (Å²) in [5.41, 5.74) is -2.08. The summed E-state index contributed by atoms with van der Waals surface area (Å²) in [4.78, 5) is 52.3. The molecule has 2 aromatic rings. The third kappa shape index (κ3) is 27.2. The van der Waals surface area contributed by atoms with Gasteiger partial charge in [-0.15, -0.1) is 0 Å². The molecule has 6 aliphatic heterocycles. The van der Waals surface area contributed by atoms with Gasteiger partial charge in [-0.1, -0.05) is 83.9 Å². The summed E-state index contributed by atoms with van der Waals surface area (Å²) in [6, 6.07) is -1.22. The molecule has 24 atom stereocenters. The average Bonchev–Trinajstić information content (AvgIpc) is 1.66. The van der Waals surface area contributed by atoms with E-state index in [1.54, 1.807) is 22.6 Å². The smallest absolute Gasteiger partial charge is 0.330 e. The lowest BCUT2D eigenvalue weighted by Gasteiger charge is -2.26. The number of aromatic amines is 2. The van der Waals surface area contributed by atoms with Gasteiger partial charge in [0, 0.05) is 70.7 Å². The quantitative estimate of drug-likeness (QED) is 0.0409. The third-order valence-electron chi connectivity index (χ3n) is 16.2. The van der Waals surface area contributed by atoms with Crippen molar-refractivity contribution in [3.63, 3.8) is 0 Å². The van der Waals surface area contributed by atoms with Crippen LogP contribution in [0.4, 0.5) is 0 Å². The Kier molecular flexibility index (Phi) is 36.8. The van der Waals surface area contributed by atoms with Crippen LogP contribution in [0.2, 0.25) is 0 Å². The van der Waals surface area contributed by atoms with Crippen molar-refractivity contribution in [3.8, 4) is 0 Å². The summed E-state index contributed by atoms with van der Waals surface area (Å²) in [5.74, 6) is 0. The average molecular weight is 1710 g/mol. The number of aliphatic hydroxyl groups is 1. The summed E-state index contributed by atoms with van der Waals surface area (Å²) in [6.45, 7) is 25.5. The van der Waals surface area contributed by atoms with Crippen molar-refractivity contribution in [2.75, 3.05) is 84.5 Å². The van der Waals surface area contributed by atoms with Crippen LogP contribution >= 0.6 is 88.1 Å². The normalized spacial score (nSPS) is 33.9. The van der Waals surface area contributed by atoms with Gasteiger partial charge >= 0.3 is 19.0 Å². The Bertz CT molecular complexity index is 3160. The first kappa shape index (κ1) is 86.2. The van der Waals surface area contributed by atoms with Gasteiger partial charge in [-0.3, -0.25) is 33.3 Å². The van der Waals surface area contributed by atoms with Gasteiger partial charge in [0.25, 0.3) is 11.1 Å². The van der Waals surface area contributed by atoms with Gasteiger partial charge in [-0.25, -0.2) is 9.59 Å².